The number of aromatic nitrogens is 3. The third kappa shape index (κ3) is 3.07. The predicted octanol–water partition coefficient (Wildman–Crippen LogP) is 4.10. The molecule has 0 saturated carbocycles. The summed E-state index contributed by atoms with van der Waals surface area (Å²) in [5, 5.41) is 8.47. The normalized spacial score (nSPS) is 15.5. The topological polar surface area (TPSA) is 66.0 Å². The zero-order valence-corrected chi connectivity index (χ0v) is 15.3. The fraction of sp³-hybridized carbons (Fsp3) is 0.400. The molecule has 4 rings (SSSR count). The molecular formula is C20H25N5O. The van der Waals surface area contributed by atoms with E-state index < -0.39 is 0 Å². The number of aromatic amines is 1. The Balaban J connectivity index is 1.42. The minimum Gasteiger partial charge on any atom is -0.358 e. The number of hydrogen-bond donors (Lipinski definition) is 2. The van der Waals surface area contributed by atoms with Gasteiger partial charge >= 0.3 is 6.03 Å². The second-order valence-corrected chi connectivity index (χ2v) is 6.99. The van der Waals surface area contributed by atoms with Crippen LogP contribution in [0.4, 0.5) is 10.5 Å². The number of para-hydroxylation sites is 1. The number of nitrogens with zero attached hydrogens (tertiary/aromatic N) is 3. The predicted molar refractivity (Wildman–Crippen MR) is 104 cm³/mol. The highest BCUT2D eigenvalue weighted by Gasteiger charge is 2.26. The molecule has 3 aromatic rings. The summed E-state index contributed by atoms with van der Waals surface area (Å²) in [4.78, 5) is 17.9. The van der Waals surface area contributed by atoms with Crippen molar-refractivity contribution in [3.8, 4) is 0 Å². The Bertz CT molecular complexity index is 917. The quantitative estimate of drug-likeness (QED) is 0.746. The van der Waals surface area contributed by atoms with E-state index in [1.54, 1.807) is 6.20 Å². The lowest BCUT2D eigenvalue weighted by Gasteiger charge is -2.32. The Morgan fingerprint density at radius 1 is 1.31 bits per heavy atom. The van der Waals surface area contributed by atoms with E-state index in [9.17, 15) is 4.79 Å². The van der Waals surface area contributed by atoms with Gasteiger partial charge in [0.05, 0.1) is 11.9 Å². The summed E-state index contributed by atoms with van der Waals surface area (Å²) in [5.74, 6) is 0.498. The molecule has 0 aliphatic carbocycles. The van der Waals surface area contributed by atoms with Gasteiger partial charge in [-0.3, -0.25) is 4.68 Å². The second kappa shape index (κ2) is 6.86. The number of urea groups is 1. The molecule has 136 valence electrons. The molecule has 1 aromatic carbocycles. The Hall–Kier alpha value is -2.76. The molecule has 0 bridgehead atoms. The summed E-state index contributed by atoms with van der Waals surface area (Å²) in [5.41, 5.74) is 4.63. The smallest absolute Gasteiger partial charge is 0.321 e. The highest BCUT2D eigenvalue weighted by Crippen LogP contribution is 2.35. The molecule has 0 radical (unpaired) electrons. The van der Waals surface area contributed by atoms with Gasteiger partial charge in [-0.15, -0.1) is 0 Å². The average molecular weight is 351 g/mol. The third-order valence-corrected chi connectivity index (χ3v) is 5.34. The van der Waals surface area contributed by atoms with Crippen LogP contribution in [0.2, 0.25) is 0 Å². The van der Waals surface area contributed by atoms with Gasteiger partial charge in [0.25, 0.3) is 0 Å². The van der Waals surface area contributed by atoms with Crippen LogP contribution in [-0.2, 0) is 6.54 Å². The number of aryl methyl sites for hydroxylation is 2. The number of amides is 2. The zero-order chi connectivity index (χ0) is 18.1. The standard InChI is InChI=1S/C20H25N5O/c1-3-25-13-16(12-21-25)23-20(26)24-10-8-15(9-11-24)19-14(2)22-18-7-5-4-6-17(18)19/h4-7,12-13,15,22H,3,8-11H2,1-2H3,(H,23,26). The molecule has 6 nitrogen and oxygen atoms in total. The third-order valence-electron chi connectivity index (χ3n) is 5.34. The van der Waals surface area contributed by atoms with E-state index in [0.29, 0.717) is 5.92 Å². The van der Waals surface area contributed by atoms with Crippen molar-refractivity contribution in [1.29, 1.82) is 0 Å². The molecule has 1 aliphatic heterocycles. The number of hydrogen-bond acceptors (Lipinski definition) is 2. The minimum absolute atomic E-state index is 0.0326. The first-order valence-electron chi connectivity index (χ1n) is 9.31. The van der Waals surface area contributed by atoms with Gasteiger partial charge in [-0.2, -0.15) is 5.10 Å². The van der Waals surface area contributed by atoms with Gasteiger partial charge < -0.3 is 15.2 Å². The summed E-state index contributed by atoms with van der Waals surface area (Å²) in [7, 11) is 0. The summed E-state index contributed by atoms with van der Waals surface area (Å²) >= 11 is 0. The molecule has 0 atom stereocenters. The molecule has 1 fully saturated rings. The number of carbonyl (C=O) groups is 1. The fourth-order valence-electron chi connectivity index (χ4n) is 4.00. The molecule has 1 saturated heterocycles. The lowest BCUT2D eigenvalue weighted by molar-refractivity contribution is 0.194. The van der Waals surface area contributed by atoms with Crippen LogP contribution in [-0.4, -0.2) is 38.8 Å². The molecule has 3 heterocycles. The summed E-state index contributed by atoms with van der Waals surface area (Å²) in [6.45, 7) is 6.52. The van der Waals surface area contributed by atoms with Crippen molar-refractivity contribution in [1.82, 2.24) is 19.7 Å². The molecule has 6 heteroatoms. The summed E-state index contributed by atoms with van der Waals surface area (Å²) in [6, 6.07) is 8.45. The van der Waals surface area contributed by atoms with E-state index in [-0.39, 0.29) is 6.03 Å². The Labute approximate surface area is 153 Å². The number of piperidine rings is 1. The first-order valence-corrected chi connectivity index (χ1v) is 9.31. The Morgan fingerprint density at radius 2 is 2.08 bits per heavy atom. The fourth-order valence-corrected chi connectivity index (χ4v) is 4.00. The van der Waals surface area contributed by atoms with Crippen LogP contribution >= 0.6 is 0 Å². The molecular weight excluding hydrogens is 326 g/mol. The maximum absolute atomic E-state index is 12.5. The van der Waals surface area contributed by atoms with Gasteiger partial charge in [0.15, 0.2) is 0 Å². The first kappa shape index (κ1) is 16.7. The van der Waals surface area contributed by atoms with Crippen LogP contribution in [0.3, 0.4) is 0 Å². The summed E-state index contributed by atoms with van der Waals surface area (Å²) in [6.07, 6.45) is 5.54. The number of anilines is 1. The van der Waals surface area contributed by atoms with Crippen molar-refractivity contribution in [3.63, 3.8) is 0 Å². The van der Waals surface area contributed by atoms with E-state index in [1.807, 2.05) is 22.7 Å². The van der Waals surface area contributed by atoms with Crippen LogP contribution in [0.15, 0.2) is 36.7 Å². The number of H-pyrrole nitrogens is 1. The van der Waals surface area contributed by atoms with E-state index in [1.165, 1.54) is 22.2 Å². The van der Waals surface area contributed by atoms with E-state index in [2.05, 4.69) is 46.6 Å². The van der Waals surface area contributed by atoms with E-state index in [0.717, 1.165) is 38.2 Å². The highest BCUT2D eigenvalue weighted by molar-refractivity contribution is 5.89. The van der Waals surface area contributed by atoms with E-state index in [4.69, 9.17) is 0 Å². The molecule has 26 heavy (non-hydrogen) atoms. The number of nitrogens with one attached hydrogen (secondary N) is 2. The van der Waals surface area contributed by atoms with E-state index >= 15 is 0 Å². The van der Waals surface area contributed by atoms with Crippen molar-refractivity contribution in [2.45, 2.75) is 39.2 Å². The van der Waals surface area contributed by atoms with Gasteiger partial charge in [0.2, 0.25) is 0 Å². The second-order valence-electron chi connectivity index (χ2n) is 6.99. The Kier molecular flexibility index (Phi) is 4.41. The lowest BCUT2D eigenvalue weighted by atomic mass is 9.87. The highest BCUT2D eigenvalue weighted by atomic mass is 16.2. The molecule has 2 N–H and O–H groups in total. The van der Waals surface area contributed by atoms with Crippen molar-refractivity contribution in [2.75, 3.05) is 18.4 Å². The van der Waals surface area contributed by atoms with Gasteiger partial charge in [-0.05, 0) is 44.2 Å². The Morgan fingerprint density at radius 3 is 2.81 bits per heavy atom. The molecule has 0 spiro atoms. The summed E-state index contributed by atoms with van der Waals surface area (Å²) < 4.78 is 1.81. The minimum atomic E-state index is -0.0326. The molecule has 1 aliphatic rings. The maximum Gasteiger partial charge on any atom is 0.321 e. The number of benzene rings is 1. The number of rotatable bonds is 3. The zero-order valence-electron chi connectivity index (χ0n) is 15.3. The van der Waals surface area contributed by atoms with Crippen LogP contribution in [0.5, 0.6) is 0 Å². The SMILES string of the molecule is CCn1cc(NC(=O)N2CCC(c3c(C)[nH]c4ccccc34)CC2)cn1. The van der Waals surface area contributed by atoms with Crippen molar-refractivity contribution < 1.29 is 4.79 Å². The molecule has 2 aromatic heterocycles. The van der Waals surface area contributed by atoms with Gasteiger partial charge in [0.1, 0.15) is 0 Å². The van der Waals surface area contributed by atoms with Gasteiger partial charge in [0, 0.05) is 42.4 Å². The van der Waals surface area contributed by atoms with Crippen LogP contribution < -0.4 is 5.32 Å². The van der Waals surface area contributed by atoms with Crippen molar-refractivity contribution in [3.05, 3.63) is 47.9 Å². The van der Waals surface area contributed by atoms with Crippen molar-refractivity contribution >= 4 is 22.6 Å². The number of likely N-dealkylation sites (tertiary alicyclic amines) is 1. The van der Waals surface area contributed by atoms with Crippen LogP contribution in [0.25, 0.3) is 10.9 Å². The number of fused-ring (bicyclic) bond motifs is 1. The van der Waals surface area contributed by atoms with Crippen LogP contribution in [0.1, 0.15) is 36.9 Å². The van der Waals surface area contributed by atoms with Crippen LogP contribution in [0, 0.1) is 6.92 Å². The van der Waals surface area contributed by atoms with Gasteiger partial charge in [-0.1, -0.05) is 18.2 Å². The van der Waals surface area contributed by atoms with Crippen molar-refractivity contribution in [2.24, 2.45) is 0 Å². The molecule has 2 amide bonds. The maximum atomic E-state index is 12.5. The number of carbonyl (C=O) groups excluding carboxylic acids is 1. The monoisotopic (exact) mass is 351 g/mol. The lowest BCUT2D eigenvalue weighted by Crippen LogP contribution is -2.40. The molecule has 0 unspecified atom stereocenters. The van der Waals surface area contributed by atoms with Gasteiger partial charge in [-0.25, -0.2) is 4.79 Å². The largest absolute Gasteiger partial charge is 0.358 e. The average Bonchev–Trinajstić information content (AvgIpc) is 3.24. The first-order chi connectivity index (χ1) is 12.7.